The molecule has 42 nitrogen and oxygen atoms in total. The van der Waals surface area contributed by atoms with Crippen molar-refractivity contribution in [1.29, 1.82) is 0 Å². The van der Waals surface area contributed by atoms with Crippen molar-refractivity contribution in [1.82, 2.24) is 5.32 Å². The number of hydrogen-bond acceptors (Lipinski definition) is 41. The third-order valence-corrected chi connectivity index (χ3v) is 17.0. The van der Waals surface area contributed by atoms with Crippen LogP contribution in [0.3, 0.4) is 0 Å². The fourth-order valence-corrected chi connectivity index (χ4v) is 11.6. The van der Waals surface area contributed by atoms with Crippen LogP contribution in [0.5, 0.6) is 0 Å². The summed E-state index contributed by atoms with van der Waals surface area (Å²) in [6.45, 7) is -7.29. The molecule has 92 heavy (non-hydrogen) atoms. The average molecular weight is 1360 g/mol. The summed E-state index contributed by atoms with van der Waals surface area (Å²) in [5.41, 5.74) is 0. The molecule has 8 rings (SSSR count). The quantitative estimate of drug-likeness (QED) is 0.0452. The van der Waals surface area contributed by atoms with E-state index in [-0.39, 0.29) is 0 Å². The molecule has 0 radical (unpaired) electrons. The molecule has 8 heterocycles. The van der Waals surface area contributed by atoms with Gasteiger partial charge < -0.3 is 204 Å². The van der Waals surface area contributed by atoms with Gasteiger partial charge >= 0.3 is 0 Å². The molecule has 0 aromatic heterocycles. The number of aliphatic hydroxyl groups is 25. The third kappa shape index (κ3) is 16.0. The van der Waals surface area contributed by atoms with Crippen molar-refractivity contribution in [2.45, 2.75) is 253 Å². The highest BCUT2D eigenvalue weighted by Gasteiger charge is 2.59. The summed E-state index contributed by atoms with van der Waals surface area (Å²) in [5, 5.41) is 273. The first kappa shape index (κ1) is 75.6. The van der Waals surface area contributed by atoms with E-state index in [0.717, 1.165) is 6.92 Å². The first-order valence-corrected chi connectivity index (χ1v) is 29.2. The van der Waals surface area contributed by atoms with E-state index in [1.165, 1.54) is 0 Å². The molecule has 40 unspecified atom stereocenters. The Morgan fingerprint density at radius 3 is 0.978 bits per heavy atom. The van der Waals surface area contributed by atoms with Crippen molar-refractivity contribution < 1.29 is 204 Å². The lowest BCUT2D eigenvalue weighted by molar-refractivity contribution is -0.398. The van der Waals surface area contributed by atoms with Crippen LogP contribution >= 0.6 is 0 Å². The summed E-state index contributed by atoms with van der Waals surface area (Å²) in [6, 6.07) is -1.72. The van der Waals surface area contributed by atoms with Crippen molar-refractivity contribution in [2.24, 2.45) is 0 Å². The molecule has 42 heteroatoms. The zero-order valence-electron chi connectivity index (χ0n) is 48.5. The van der Waals surface area contributed by atoms with E-state index < -0.39 is 304 Å². The molecular formula is C50H85NO41. The molecule has 1 amide bonds. The predicted octanol–water partition coefficient (Wildman–Crippen LogP) is -18.3. The van der Waals surface area contributed by atoms with Crippen LogP contribution < -0.4 is 5.32 Å². The largest absolute Gasteiger partial charge is 0.394 e. The lowest BCUT2D eigenvalue weighted by Crippen LogP contribution is -2.69. The topological polar surface area (TPSA) is 673 Å². The number of aliphatic hydroxyl groups excluding tert-OH is 25. The maximum atomic E-state index is 12.2. The summed E-state index contributed by atoms with van der Waals surface area (Å²) < 4.78 is 86.1. The number of carbonyl (C=O) groups is 1. The second-order valence-corrected chi connectivity index (χ2v) is 23.2. The molecule has 0 saturated carbocycles. The third-order valence-electron chi connectivity index (χ3n) is 17.0. The van der Waals surface area contributed by atoms with Gasteiger partial charge in [-0.25, -0.2) is 0 Å². The van der Waals surface area contributed by atoms with Crippen molar-refractivity contribution in [3.8, 4) is 0 Å². The highest BCUT2D eigenvalue weighted by atomic mass is 16.8. The number of rotatable bonds is 23. The normalized spacial score (nSPS) is 52.2. The summed E-state index contributed by atoms with van der Waals surface area (Å²) >= 11 is 0. The molecule has 0 aromatic carbocycles. The first-order chi connectivity index (χ1) is 43.5. The molecule has 0 aromatic rings. The standard InChI is InChI=1S/C50H85NO41/c1-10(58)51-19-27(66)38(16(7-57)80-43(19)77)88-48-37(76)40(90-50-42(32(71)24(63)15(6-56)85-50)92-47-35(74)30(69)22(61)13(4-54)83-47)26(65)18(87-48)8-78-44-36(75)39(89-45-33(72)28(67)20(59)11(2-52)81-45)25(64)17(86-44)9-79-49-41(31(70)23(62)14(5-55)84-49)91-46-34(73)29(68)21(60)12(3-53)82-46/h11-50,52-57,59-77H,2-9H2,1H3,(H,51,58). The van der Waals surface area contributed by atoms with Gasteiger partial charge in [0.05, 0.1) is 52.9 Å². The van der Waals surface area contributed by atoms with E-state index in [1.807, 2.05) is 0 Å². The molecule has 0 aliphatic carbocycles. The molecule has 536 valence electrons. The summed E-state index contributed by atoms with van der Waals surface area (Å²) in [6.07, 6.45) is -80.3. The van der Waals surface area contributed by atoms with E-state index in [2.05, 4.69) is 5.32 Å². The molecule has 0 spiro atoms. The molecule has 26 N–H and O–H groups in total. The van der Waals surface area contributed by atoms with Crippen LogP contribution in [0.15, 0.2) is 0 Å². The maximum absolute atomic E-state index is 12.2. The lowest BCUT2D eigenvalue weighted by Gasteiger charge is -2.50. The molecule has 0 bridgehead atoms. The van der Waals surface area contributed by atoms with Crippen LogP contribution in [0.25, 0.3) is 0 Å². The van der Waals surface area contributed by atoms with E-state index in [4.69, 9.17) is 71.1 Å². The Hall–Kier alpha value is -2.13. The van der Waals surface area contributed by atoms with Crippen molar-refractivity contribution in [2.75, 3.05) is 52.9 Å². The maximum Gasteiger partial charge on any atom is 0.217 e. The van der Waals surface area contributed by atoms with Gasteiger partial charge in [0.1, 0.15) is 195 Å². The van der Waals surface area contributed by atoms with E-state index >= 15 is 0 Å². The average Bonchev–Trinajstić information content (AvgIpc) is 0.797. The van der Waals surface area contributed by atoms with Gasteiger partial charge in [0.15, 0.2) is 50.3 Å². The second-order valence-electron chi connectivity index (χ2n) is 23.2. The molecule has 8 aliphatic heterocycles. The Morgan fingerprint density at radius 2 is 0.576 bits per heavy atom. The van der Waals surface area contributed by atoms with Crippen LogP contribution in [-0.2, 0) is 75.8 Å². The zero-order valence-corrected chi connectivity index (χ0v) is 48.5. The number of nitrogens with one attached hydrogen (secondary N) is 1. The van der Waals surface area contributed by atoms with E-state index in [0.29, 0.717) is 0 Å². The Labute approximate surface area is 519 Å². The minimum atomic E-state index is -2.42. The van der Waals surface area contributed by atoms with Gasteiger partial charge in [0, 0.05) is 6.92 Å². The Bertz CT molecular complexity index is 2260. The minimum Gasteiger partial charge on any atom is -0.394 e. The van der Waals surface area contributed by atoms with Crippen molar-refractivity contribution in [3.05, 3.63) is 0 Å². The predicted molar refractivity (Wildman–Crippen MR) is 276 cm³/mol. The number of ether oxygens (including phenoxy) is 15. The van der Waals surface area contributed by atoms with Gasteiger partial charge in [0.2, 0.25) is 5.91 Å². The lowest BCUT2D eigenvalue weighted by atomic mass is 9.95. The number of amides is 1. The zero-order chi connectivity index (χ0) is 67.6. The van der Waals surface area contributed by atoms with Gasteiger partial charge in [-0.15, -0.1) is 0 Å². The number of hydrogen-bond donors (Lipinski definition) is 26. The molecule has 8 fully saturated rings. The van der Waals surface area contributed by atoms with Crippen LogP contribution in [0.1, 0.15) is 6.92 Å². The van der Waals surface area contributed by atoms with Crippen molar-refractivity contribution >= 4 is 5.91 Å². The molecular weight excluding hydrogens is 1270 g/mol. The fourth-order valence-electron chi connectivity index (χ4n) is 11.6. The van der Waals surface area contributed by atoms with Crippen LogP contribution in [0.2, 0.25) is 0 Å². The second kappa shape index (κ2) is 32.7. The fraction of sp³-hybridized carbons (Fsp3) is 0.980. The van der Waals surface area contributed by atoms with Crippen molar-refractivity contribution in [3.63, 3.8) is 0 Å². The van der Waals surface area contributed by atoms with Gasteiger partial charge in [-0.3, -0.25) is 4.79 Å². The number of carbonyl (C=O) groups excluding carboxylic acids is 1. The van der Waals surface area contributed by atoms with Gasteiger partial charge in [-0.1, -0.05) is 0 Å². The van der Waals surface area contributed by atoms with Crippen LogP contribution in [0, 0.1) is 0 Å². The smallest absolute Gasteiger partial charge is 0.217 e. The summed E-state index contributed by atoms with van der Waals surface area (Å²) in [4.78, 5) is 12.2. The first-order valence-electron chi connectivity index (χ1n) is 29.2. The Kier molecular flexibility index (Phi) is 26.9. The summed E-state index contributed by atoms with van der Waals surface area (Å²) in [7, 11) is 0. The highest BCUT2D eigenvalue weighted by Crippen LogP contribution is 2.38. The van der Waals surface area contributed by atoms with Crippen LogP contribution in [-0.4, -0.2) is 432 Å². The molecule has 8 aliphatic rings. The summed E-state index contributed by atoms with van der Waals surface area (Å²) in [5.74, 6) is -0.822. The monoisotopic (exact) mass is 1360 g/mol. The van der Waals surface area contributed by atoms with E-state index in [9.17, 15) is 132 Å². The Balaban J connectivity index is 1.11. The highest BCUT2D eigenvalue weighted by molar-refractivity contribution is 5.73. The van der Waals surface area contributed by atoms with Gasteiger partial charge in [0.25, 0.3) is 0 Å². The van der Waals surface area contributed by atoms with Gasteiger partial charge in [-0.2, -0.15) is 0 Å². The minimum absolute atomic E-state index is 0.822. The molecule has 40 atom stereocenters. The van der Waals surface area contributed by atoms with Crippen LogP contribution in [0.4, 0.5) is 0 Å². The van der Waals surface area contributed by atoms with Gasteiger partial charge in [-0.05, 0) is 0 Å². The SMILES string of the molecule is CC(=O)NC1C(O)OC(CO)C(OC2OC(COC3OC(COC4OC(CO)C(O)C(O)C4OC4OC(CO)C(O)C(O)C4O)C(O)C(OC4OC(CO)C(O)C(O)C4O)C3O)C(O)C(OC3OC(CO)C(O)C(O)C3OC3OC(CO)C(O)C(O)C3O)C2O)C1O. The Morgan fingerprint density at radius 1 is 0.283 bits per heavy atom. The van der Waals surface area contributed by atoms with E-state index in [1.54, 1.807) is 0 Å². The molecule has 8 saturated heterocycles.